The van der Waals surface area contributed by atoms with E-state index in [2.05, 4.69) is 0 Å². The lowest BCUT2D eigenvalue weighted by atomic mass is 9.94. The van der Waals surface area contributed by atoms with E-state index in [1.807, 2.05) is 26.0 Å². The van der Waals surface area contributed by atoms with Crippen LogP contribution in [0.25, 0.3) is 0 Å². The zero-order chi connectivity index (χ0) is 25.0. The molecule has 3 aromatic carbocycles. The number of benzene rings is 3. The fraction of sp³-hybridized carbons (Fsp3) is 0.259. The Hall–Kier alpha value is -3.33. The highest BCUT2D eigenvalue weighted by atomic mass is 32.2. The fourth-order valence-electron chi connectivity index (χ4n) is 3.94. The molecule has 0 saturated carbocycles. The van der Waals surface area contributed by atoms with Crippen molar-refractivity contribution in [2.75, 3.05) is 26.3 Å². The number of aryl methyl sites for hydroxylation is 2. The molecule has 0 amide bonds. The van der Waals surface area contributed by atoms with Crippen LogP contribution in [-0.2, 0) is 26.1 Å². The first-order valence-electron chi connectivity index (χ1n) is 11.3. The van der Waals surface area contributed by atoms with Gasteiger partial charge in [0, 0.05) is 24.2 Å². The first-order valence-corrected chi connectivity index (χ1v) is 12.8. The van der Waals surface area contributed by atoms with E-state index in [-0.39, 0.29) is 28.4 Å². The summed E-state index contributed by atoms with van der Waals surface area (Å²) in [4.78, 5) is 26.3. The number of esters is 1. The van der Waals surface area contributed by atoms with Crippen LogP contribution in [0.2, 0.25) is 0 Å². The van der Waals surface area contributed by atoms with Crippen LogP contribution in [0, 0.1) is 13.8 Å². The maximum absolute atomic E-state index is 13.2. The van der Waals surface area contributed by atoms with Crippen LogP contribution < -0.4 is 0 Å². The van der Waals surface area contributed by atoms with Crippen molar-refractivity contribution in [1.29, 1.82) is 0 Å². The van der Waals surface area contributed by atoms with Gasteiger partial charge in [0.05, 0.1) is 23.7 Å². The Morgan fingerprint density at radius 1 is 0.886 bits per heavy atom. The zero-order valence-electron chi connectivity index (χ0n) is 19.7. The van der Waals surface area contributed by atoms with Crippen molar-refractivity contribution in [3.63, 3.8) is 0 Å². The first-order chi connectivity index (χ1) is 16.8. The molecule has 35 heavy (non-hydrogen) atoms. The van der Waals surface area contributed by atoms with E-state index in [4.69, 9.17) is 9.47 Å². The Bertz CT molecular complexity index is 1360. The summed E-state index contributed by atoms with van der Waals surface area (Å²) in [7, 11) is -3.66. The van der Waals surface area contributed by atoms with Gasteiger partial charge in [-0.15, -0.1) is 0 Å². The molecule has 4 rings (SSSR count). The normalized spacial score (nSPS) is 14.5. The molecule has 7 nitrogen and oxygen atoms in total. The molecule has 0 aliphatic carbocycles. The molecule has 1 saturated heterocycles. The maximum Gasteiger partial charge on any atom is 0.339 e. The number of nitrogens with zero attached hydrogens (tertiary/aromatic N) is 1. The number of hydrogen-bond acceptors (Lipinski definition) is 6. The second-order valence-electron chi connectivity index (χ2n) is 8.43. The molecule has 0 unspecified atom stereocenters. The molecule has 182 valence electrons. The molecule has 1 fully saturated rings. The number of rotatable bonds is 7. The zero-order valence-corrected chi connectivity index (χ0v) is 20.5. The molecule has 0 bridgehead atoms. The van der Waals surface area contributed by atoms with Gasteiger partial charge in [0.25, 0.3) is 0 Å². The lowest BCUT2D eigenvalue weighted by Gasteiger charge is -2.26. The Labute approximate surface area is 205 Å². The van der Waals surface area contributed by atoms with E-state index in [0.29, 0.717) is 37.4 Å². The number of ether oxygens (including phenoxy) is 2. The van der Waals surface area contributed by atoms with Crippen molar-refractivity contribution in [3.8, 4) is 0 Å². The molecule has 8 heteroatoms. The Kier molecular flexibility index (Phi) is 7.45. The third kappa shape index (κ3) is 5.51. The van der Waals surface area contributed by atoms with E-state index in [1.165, 1.54) is 16.4 Å². The third-order valence-corrected chi connectivity index (χ3v) is 7.80. The minimum atomic E-state index is -3.66. The number of morpholine rings is 1. The minimum Gasteiger partial charge on any atom is -0.457 e. The topological polar surface area (TPSA) is 90.0 Å². The summed E-state index contributed by atoms with van der Waals surface area (Å²) in [5.74, 6) is -0.905. The van der Waals surface area contributed by atoms with Gasteiger partial charge >= 0.3 is 5.97 Å². The highest BCUT2D eigenvalue weighted by Gasteiger charge is 2.26. The molecule has 0 N–H and O–H groups in total. The van der Waals surface area contributed by atoms with Crippen molar-refractivity contribution in [2.45, 2.75) is 25.3 Å². The summed E-state index contributed by atoms with van der Waals surface area (Å²) < 4.78 is 38.0. The van der Waals surface area contributed by atoms with E-state index in [0.717, 1.165) is 11.1 Å². The molecule has 0 spiro atoms. The average molecular weight is 494 g/mol. The van der Waals surface area contributed by atoms with Gasteiger partial charge in [-0.05, 0) is 49.2 Å². The molecular formula is C27H27NO6S. The number of sulfonamides is 1. The number of carbonyl (C=O) groups excluding carboxylic acids is 2. The molecule has 3 aromatic rings. The Morgan fingerprint density at radius 3 is 2.34 bits per heavy atom. The van der Waals surface area contributed by atoms with Crippen molar-refractivity contribution in [2.24, 2.45) is 0 Å². The summed E-state index contributed by atoms with van der Waals surface area (Å²) in [6.45, 7) is 4.94. The second kappa shape index (κ2) is 10.5. The van der Waals surface area contributed by atoms with Crippen molar-refractivity contribution < 1.29 is 27.5 Å². The molecule has 0 radical (unpaired) electrons. The average Bonchev–Trinajstić information content (AvgIpc) is 2.89. The van der Waals surface area contributed by atoms with Gasteiger partial charge < -0.3 is 9.47 Å². The quantitative estimate of drug-likeness (QED) is 0.366. The number of carbonyl (C=O) groups is 2. The Morgan fingerprint density at radius 2 is 1.60 bits per heavy atom. The van der Waals surface area contributed by atoms with Crippen LogP contribution in [0.5, 0.6) is 0 Å². The predicted octanol–water partition coefficient (Wildman–Crippen LogP) is 3.91. The van der Waals surface area contributed by atoms with Gasteiger partial charge in [-0.2, -0.15) is 4.31 Å². The van der Waals surface area contributed by atoms with Crippen molar-refractivity contribution in [3.05, 3.63) is 100 Å². The van der Waals surface area contributed by atoms with Gasteiger partial charge in [-0.1, -0.05) is 48.0 Å². The smallest absolute Gasteiger partial charge is 0.339 e. The summed E-state index contributed by atoms with van der Waals surface area (Å²) in [6, 6.07) is 18.5. The van der Waals surface area contributed by atoms with Gasteiger partial charge in [-0.25, -0.2) is 13.2 Å². The van der Waals surface area contributed by atoms with Gasteiger partial charge in [0.2, 0.25) is 10.0 Å². The van der Waals surface area contributed by atoms with Crippen molar-refractivity contribution in [1.82, 2.24) is 4.31 Å². The molecular weight excluding hydrogens is 466 g/mol. The molecule has 1 aliphatic rings. The lowest BCUT2D eigenvalue weighted by Crippen LogP contribution is -2.40. The van der Waals surface area contributed by atoms with E-state index >= 15 is 0 Å². The standard InChI is InChI=1S/C27H27NO6S/c1-19-10-11-20(2)25(16-19)26(29)23-8-3-4-9-24(23)27(30)34-18-21-6-5-7-22(17-21)35(31,32)28-12-14-33-15-13-28/h3-11,16-17H,12-15,18H2,1-2H3. The fourth-order valence-corrected chi connectivity index (χ4v) is 5.42. The summed E-state index contributed by atoms with van der Waals surface area (Å²) in [6.07, 6.45) is 0. The highest BCUT2D eigenvalue weighted by Crippen LogP contribution is 2.21. The molecule has 1 aliphatic heterocycles. The molecule has 0 aromatic heterocycles. The SMILES string of the molecule is Cc1ccc(C)c(C(=O)c2ccccc2C(=O)OCc2cccc(S(=O)(=O)N3CCOCC3)c2)c1. The van der Waals surface area contributed by atoms with Gasteiger partial charge in [0.1, 0.15) is 6.61 Å². The number of hydrogen-bond donors (Lipinski definition) is 0. The largest absolute Gasteiger partial charge is 0.457 e. The summed E-state index contributed by atoms with van der Waals surface area (Å²) >= 11 is 0. The van der Waals surface area contributed by atoms with Crippen LogP contribution in [0.4, 0.5) is 0 Å². The minimum absolute atomic E-state index is 0.128. The predicted molar refractivity (Wildman–Crippen MR) is 131 cm³/mol. The van der Waals surface area contributed by atoms with Crippen LogP contribution in [0.1, 0.15) is 43.0 Å². The third-order valence-electron chi connectivity index (χ3n) is 5.91. The molecule has 0 atom stereocenters. The Balaban J connectivity index is 1.52. The summed E-state index contributed by atoms with van der Waals surface area (Å²) in [5.41, 5.74) is 3.26. The van der Waals surface area contributed by atoms with Crippen LogP contribution in [0.15, 0.2) is 71.6 Å². The van der Waals surface area contributed by atoms with Crippen LogP contribution >= 0.6 is 0 Å². The second-order valence-corrected chi connectivity index (χ2v) is 10.4. The van der Waals surface area contributed by atoms with E-state index in [1.54, 1.807) is 42.5 Å². The van der Waals surface area contributed by atoms with Gasteiger partial charge in [-0.3, -0.25) is 4.79 Å². The maximum atomic E-state index is 13.2. The van der Waals surface area contributed by atoms with E-state index < -0.39 is 16.0 Å². The number of ketones is 1. The highest BCUT2D eigenvalue weighted by molar-refractivity contribution is 7.89. The van der Waals surface area contributed by atoms with Crippen LogP contribution in [-0.4, -0.2) is 50.8 Å². The van der Waals surface area contributed by atoms with Crippen LogP contribution in [0.3, 0.4) is 0 Å². The summed E-state index contributed by atoms with van der Waals surface area (Å²) in [5, 5.41) is 0. The first kappa shape index (κ1) is 24.8. The lowest BCUT2D eigenvalue weighted by molar-refractivity contribution is 0.0470. The van der Waals surface area contributed by atoms with Crippen molar-refractivity contribution >= 4 is 21.8 Å². The molecule has 1 heterocycles. The van der Waals surface area contributed by atoms with Gasteiger partial charge in [0.15, 0.2) is 5.78 Å². The van der Waals surface area contributed by atoms with E-state index in [9.17, 15) is 18.0 Å². The monoisotopic (exact) mass is 493 g/mol.